The number of halogens is 1. The molecule has 0 unspecified atom stereocenters. The van der Waals surface area contributed by atoms with Gasteiger partial charge in [0.2, 0.25) is 0 Å². The van der Waals surface area contributed by atoms with Crippen LogP contribution in [0.3, 0.4) is 0 Å². The van der Waals surface area contributed by atoms with Gasteiger partial charge in [0.1, 0.15) is 0 Å². The third kappa shape index (κ3) is 16.9. The van der Waals surface area contributed by atoms with Crippen LogP contribution in [0.25, 0.3) is 41.1 Å². The Morgan fingerprint density at radius 1 is 0.915 bits per heavy atom. The zero-order valence-corrected chi connectivity index (χ0v) is 33.6. The van der Waals surface area contributed by atoms with Crippen LogP contribution in [0, 0.1) is 56.1 Å². The van der Waals surface area contributed by atoms with Crippen LogP contribution in [0.1, 0.15) is 60.4 Å². The summed E-state index contributed by atoms with van der Waals surface area (Å²) in [5, 5.41) is 28.6. The van der Waals surface area contributed by atoms with Crippen molar-refractivity contribution < 1.29 is 29.4 Å². The van der Waals surface area contributed by atoms with Crippen molar-refractivity contribution in [1.82, 2.24) is 9.97 Å². The molecule has 4 aromatic heterocycles. The van der Waals surface area contributed by atoms with E-state index in [1.807, 2.05) is 61.3 Å². The Kier molecular flexibility index (Phi) is 28.3. The van der Waals surface area contributed by atoms with Gasteiger partial charge < -0.3 is 42.8 Å². The Labute approximate surface area is 324 Å². The molecule has 4 heterocycles. The third-order valence-electron chi connectivity index (χ3n) is 5.17. The molecule has 0 aliphatic heterocycles. The van der Waals surface area contributed by atoms with Gasteiger partial charge in [0.05, 0.1) is 27.1 Å². The van der Waals surface area contributed by atoms with Crippen LogP contribution in [-0.2, 0) is 32.1 Å². The standard InChI is InChI=1S/C30H22N2O2S2.CH3I.CHNS.CNS.2CH3.Ru/c1-4-6-23-12-14-25(35-23)10-8-21-16-28(31-18-20(21)3)29-17-22(27(19-32-29)30(33)34)9-11-26-15-13-24(36-26)7-5-2;1-2;2*2-1-3;;;/h8-19H,1-3H3,(H,33,34);1H3;3H;;2*1H3;/q;;;3*-1;+4/p-2/b10-8+,11-9+;;;;;;. The summed E-state index contributed by atoms with van der Waals surface area (Å²) in [7, 11) is 0. The molecule has 0 saturated heterocycles. The van der Waals surface area contributed by atoms with E-state index in [1.165, 1.54) is 28.1 Å². The number of pyridine rings is 2. The maximum absolute atomic E-state index is 11.7. The van der Waals surface area contributed by atoms with Gasteiger partial charge in [-0.1, -0.05) is 64.2 Å². The number of aromatic carboxylic acids is 1. The van der Waals surface area contributed by atoms with E-state index in [9.17, 15) is 9.90 Å². The minimum Gasteiger partial charge on any atom is -0.753 e. The van der Waals surface area contributed by atoms with Crippen LogP contribution in [0.15, 0.2) is 48.8 Å². The van der Waals surface area contributed by atoms with Gasteiger partial charge in [0.25, 0.3) is 0 Å². The summed E-state index contributed by atoms with van der Waals surface area (Å²) in [4.78, 5) is 26.6. The predicted molar refractivity (Wildman–Crippen MR) is 210 cm³/mol. The molecule has 0 fully saturated rings. The van der Waals surface area contributed by atoms with Crippen molar-refractivity contribution in [2.75, 3.05) is 4.93 Å². The van der Waals surface area contributed by atoms with Gasteiger partial charge in [-0.05, 0) is 90.9 Å². The van der Waals surface area contributed by atoms with Crippen LogP contribution in [0.4, 0.5) is 0 Å². The molecule has 4 aromatic rings. The van der Waals surface area contributed by atoms with Crippen molar-refractivity contribution in [3.63, 3.8) is 0 Å². The van der Waals surface area contributed by atoms with Crippen molar-refractivity contribution in [3.8, 4) is 40.5 Å². The fraction of sp³-hybridized carbons (Fsp3) is 0.114. The van der Waals surface area contributed by atoms with Crippen LogP contribution < -0.4 is 5.11 Å². The maximum Gasteiger partial charge on any atom is 4.00 e. The number of rotatable bonds is 6. The summed E-state index contributed by atoms with van der Waals surface area (Å²) in [5.74, 6) is 10.6. The van der Waals surface area contributed by atoms with Crippen LogP contribution in [0.2, 0.25) is 0 Å². The van der Waals surface area contributed by atoms with Crippen molar-refractivity contribution in [1.29, 1.82) is 5.26 Å². The zero-order valence-electron chi connectivity index (χ0n) is 26.4. The second-order valence-electron chi connectivity index (χ2n) is 7.87. The molecule has 0 atom stereocenters. The number of thiocarbonyl (C=S) groups is 1. The molecule has 0 radical (unpaired) electrons. The first kappa shape index (κ1) is 48.0. The summed E-state index contributed by atoms with van der Waals surface area (Å²) < 4.78 is 0. The average molecular weight is 895 g/mol. The number of hydrogen-bond donors (Lipinski definition) is 0. The Morgan fingerprint density at radius 3 is 1.74 bits per heavy atom. The molecular formula is C35H30IN4O2RuS4-. The van der Waals surface area contributed by atoms with Gasteiger partial charge in [0, 0.05) is 27.7 Å². The van der Waals surface area contributed by atoms with E-state index in [4.69, 9.17) is 10.7 Å². The topological polar surface area (TPSA) is 112 Å². The van der Waals surface area contributed by atoms with Gasteiger partial charge in [0.15, 0.2) is 0 Å². The number of alkyl halides is 1. The smallest absolute Gasteiger partial charge is 0.753 e. The molecule has 0 saturated carbocycles. The number of isothiocyanates is 1. The molecule has 0 N–H and O–H groups in total. The largest absolute Gasteiger partial charge is 4.00 e. The molecule has 242 valence electrons. The van der Waals surface area contributed by atoms with Gasteiger partial charge in [-0.2, -0.15) is 5.16 Å². The van der Waals surface area contributed by atoms with Gasteiger partial charge in [-0.3, -0.25) is 9.97 Å². The quantitative estimate of drug-likeness (QED) is 0.0219. The molecule has 0 aliphatic carbocycles. The Hall–Kier alpha value is -3.37. The molecule has 0 aliphatic rings. The van der Waals surface area contributed by atoms with E-state index in [0.29, 0.717) is 17.0 Å². The van der Waals surface area contributed by atoms with E-state index >= 15 is 0 Å². The summed E-state index contributed by atoms with van der Waals surface area (Å²) in [6, 6.07) is 11.6. The maximum atomic E-state index is 11.7. The Morgan fingerprint density at radius 2 is 1.32 bits per heavy atom. The Balaban J connectivity index is -0.00000161. The number of hydrogen-bond acceptors (Lipinski definition) is 9. The van der Waals surface area contributed by atoms with Crippen LogP contribution in [0.5, 0.6) is 0 Å². The van der Waals surface area contributed by atoms with Crippen LogP contribution >= 0.6 is 57.5 Å². The minimum atomic E-state index is -1.28. The van der Waals surface area contributed by atoms with E-state index < -0.39 is 5.97 Å². The zero-order chi connectivity index (χ0) is 32.9. The normalized spacial score (nSPS) is 8.68. The first-order valence-corrected chi connectivity index (χ1v) is 16.9. The molecule has 4 rings (SSSR count). The van der Waals surface area contributed by atoms with E-state index in [1.54, 1.807) is 36.6 Å². The monoisotopic (exact) mass is 895 g/mol. The van der Waals surface area contributed by atoms with E-state index in [0.717, 1.165) is 30.6 Å². The van der Waals surface area contributed by atoms with E-state index in [-0.39, 0.29) is 39.9 Å². The van der Waals surface area contributed by atoms with Gasteiger partial charge in [-0.15, -0.1) is 34.5 Å². The average Bonchev–Trinajstić information content (AvgIpc) is 3.67. The number of carbonyl (C=O) groups excluding carboxylic acids is 1. The molecule has 0 aromatic carbocycles. The fourth-order valence-electron chi connectivity index (χ4n) is 3.39. The minimum absolute atomic E-state index is 0. The second kappa shape index (κ2) is 27.7. The first-order valence-electron chi connectivity index (χ1n) is 12.3. The van der Waals surface area contributed by atoms with Crippen molar-refractivity contribution >= 4 is 106 Å². The molecule has 0 amide bonds. The van der Waals surface area contributed by atoms with Crippen LogP contribution in [-0.4, -0.2) is 26.0 Å². The first-order chi connectivity index (χ1) is 21.3. The van der Waals surface area contributed by atoms with E-state index in [2.05, 4.69) is 87.2 Å². The van der Waals surface area contributed by atoms with Gasteiger partial charge in [-0.25, -0.2) is 5.26 Å². The molecular weight excluding hydrogens is 865 g/mol. The summed E-state index contributed by atoms with van der Waals surface area (Å²) in [6.45, 7) is 5.62. The van der Waals surface area contributed by atoms with Crippen molar-refractivity contribution in [3.05, 3.63) is 111 Å². The number of carboxylic acid groups (broad SMARTS) is 1. The molecule has 0 bridgehead atoms. The molecule has 0 spiro atoms. The molecule has 12 heteroatoms. The number of nitriles is 1. The summed E-state index contributed by atoms with van der Waals surface area (Å²) in [5.41, 5.74) is 3.78. The number of thiocyanates is 1. The molecule has 47 heavy (non-hydrogen) atoms. The number of nitrogens with zero attached hydrogens (tertiary/aromatic N) is 4. The van der Waals surface area contributed by atoms with Crippen molar-refractivity contribution in [2.24, 2.45) is 0 Å². The number of aromatic nitrogens is 2. The number of carbonyl (C=O) groups is 1. The summed E-state index contributed by atoms with van der Waals surface area (Å²) in [6.07, 6.45) is 10.8. The number of thiophene rings is 2. The summed E-state index contributed by atoms with van der Waals surface area (Å²) >= 11 is 12.7. The van der Waals surface area contributed by atoms with Crippen molar-refractivity contribution in [2.45, 2.75) is 20.8 Å². The third-order valence-corrected chi connectivity index (χ3v) is 7.10. The Bertz CT molecular complexity index is 1830. The number of carboxylic acids is 1. The van der Waals surface area contributed by atoms with Gasteiger partial charge >= 0.3 is 19.5 Å². The second-order valence-corrected chi connectivity index (χ2v) is 10.5. The number of aryl methyl sites for hydroxylation is 1. The fourth-order valence-corrected chi connectivity index (χ4v) is 5.02. The molecule has 6 nitrogen and oxygen atoms in total. The predicted octanol–water partition coefficient (Wildman–Crippen LogP) is 8.64. The SMILES string of the molecule is CC#Cc1ccc(/C=C/c2cc(-c3cc(/C=C/c4ccc(C#CC)s4)c(C(=O)[O-])cn3)ncc2C)s1.CI.N#C[S-].[CH3-].[CH3-].[N-]=C=S.[Ru+4].